The fraction of sp³-hybridized carbons (Fsp3) is 0.417. The zero-order chi connectivity index (χ0) is 21.2. The smallest absolute Gasteiger partial charge is 0.241 e. The molecule has 1 amide bonds. The SMILES string of the molecule is CN=C(NCC(=O)N1CCC(Cc2ccccc2)CC1)NCc1cccc(OC)c1.I. The Kier molecular flexibility index (Phi) is 10.6. The summed E-state index contributed by atoms with van der Waals surface area (Å²) < 4.78 is 5.25. The maximum Gasteiger partial charge on any atom is 0.241 e. The summed E-state index contributed by atoms with van der Waals surface area (Å²) in [6.45, 7) is 2.51. The van der Waals surface area contributed by atoms with Crippen molar-refractivity contribution in [3.63, 3.8) is 0 Å². The van der Waals surface area contributed by atoms with Crippen LogP contribution in [0.1, 0.15) is 24.0 Å². The minimum Gasteiger partial charge on any atom is -0.497 e. The van der Waals surface area contributed by atoms with E-state index in [1.165, 1.54) is 5.56 Å². The summed E-state index contributed by atoms with van der Waals surface area (Å²) in [5.74, 6) is 2.22. The lowest BCUT2D eigenvalue weighted by atomic mass is 9.90. The van der Waals surface area contributed by atoms with E-state index in [-0.39, 0.29) is 36.4 Å². The van der Waals surface area contributed by atoms with Crippen molar-refractivity contribution in [2.75, 3.05) is 33.8 Å². The lowest BCUT2D eigenvalue weighted by molar-refractivity contribution is -0.131. The van der Waals surface area contributed by atoms with Crippen LogP contribution >= 0.6 is 24.0 Å². The number of guanidine groups is 1. The molecule has 0 radical (unpaired) electrons. The summed E-state index contributed by atoms with van der Waals surface area (Å²) in [5.41, 5.74) is 2.47. The predicted octanol–water partition coefficient (Wildman–Crippen LogP) is 3.46. The normalized spacial score (nSPS) is 14.5. The molecule has 1 heterocycles. The molecule has 168 valence electrons. The lowest BCUT2D eigenvalue weighted by Crippen LogP contribution is -2.46. The van der Waals surface area contributed by atoms with Crippen LogP contribution in [0.4, 0.5) is 0 Å². The van der Waals surface area contributed by atoms with Crippen molar-refractivity contribution < 1.29 is 9.53 Å². The number of nitrogens with one attached hydrogen (secondary N) is 2. The molecule has 1 aliphatic rings. The number of halogens is 1. The van der Waals surface area contributed by atoms with Gasteiger partial charge in [-0.25, -0.2) is 0 Å². The van der Waals surface area contributed by atoms with E-state index >= 15 is 0 Å². The highest BCUT2D eigenvalue weighted by Gasteiger charge is 2.22. The van der Waals surface area contributed by atoms with Crippen LogP contribution in [0.25, 0.3) is 0 Å². The van der Waals surface area contributed by atoms with Crippen LogP contribution in [-0.4, -0.2) is 50.6 Å². The highest BCUT2D eigenvalue weighted by atomic mass is 127. The van der Waals surface area contributed by atoms with Gasteiger partial charge < -0.3 is 20.3 Å². The molecule has 1 fully saturated rings. The van der Waals surface area contributed by atoms with E-state index in [1.807, 2.05) is 29.2 Å². The van der Waals surface area contributed by atoms with Gasteiger partial charge in [0.2, 0.25) is 5.91 Å². The predicted molar refractivity (Wildman–Crippen MR) is 136 cm³/mol. The molecule has 0 saturated carbocycles. The first-order valence-electron chi connectivity index (χ1n) is 10.6. The number of amides is 1. The summed E-state index contributed by atoms with van der Waals surface area (Å²) in [5, 5.41) is 6.38. The Bertz CT molecular complexity index is 836. The third kappa shape index (κ3) is 8.05. The first kappa shape index (κ1) is 25.0. The Hall–Kier alpha value is -2.29. The van der Waals surface area contributed by atoms with Crippen LogP contribution in [0.2, 0.25) is 0 Å². The molecule has 31 heavy (non-hydrogen) atoms. The first-order valence-corrected chi connectivity index (χ1v) is 10.6. The number of benzene rings is 2. The highest BCUT2D eigenvalue weighted by molar-refractivity contribution is 14.0. The molecule has 0 bridgehead atoms. The zero-order valence-corrected chi connectivity index (χ0v) is 20.7. The van der Waals surface area contributed by atoms with Gasteiger partial charge in [-0.05, 0) is 48.4 Å². The third-order valence-electron chi connectivity index (χ3n) is 5.56. The molecule has 0 spiro atoms. The van der Waals surface area contributed by atoms with Crippen LogP contribution in [-0.2, 0) is 17.8 Å². The second-order valence-electron chi connectivity index (χ2n) is 7.64. The number of hydrogen-bond donors (Lipinski definition) is 2. The second-order valence-corrected chi connectivity index (χ2v) is 7.64. The first-order chi connectivity index (χ1) is 14.7. The Labute approximate surface area is 202 Å². The van der Waals surface area contributed by atoms with Gasteiger partial charge >= 0.3 is 0 Å². The number of aliphatic imine (C=N–C) groups is 1. The number of carbonyl (C=O) groups excluding carboxylic acids is 1. The number of ether oxygens (including phenoxy) is 1. The number of piperidine rings is 1. The van der Waals surface area contributed by atoms with Gasteiger partial charge in [0.25, 0.3) is 0 Å². The molecule has 0 atom stereocenters. The average molecular weight is 536 g/mol. The summed E-state index contributed by atoms with van der Waals surface area (Å²) in [7, 11) is 3.36. The molecule has 0 aromatic heterocycles. The largest absolute Gasteiger partial charge is 0.497 e. The summed E-state index contributed by atoms with van der Waals surface area (Å²) >= 11 is 0. The summed E-state index contributed by atoms with van der Waals surface area (Å²) in [6, 6.07) is 18.5. The van der Waals surface area contributed by atoms with Gasteiger partial charge in [-0.1, -0.05) is 42.5 Å². The quantitative estimate of drug-likeness (QED) is 0.323. The number of likely N-dealkylation sites (tertiary alicyclic amines) is 1. The van der Waals surface area contributed by atoms with Crippen LogP contribution in [0, 0.1) is 5.92 Å². The summed E-state index contributed by atoms with van der Waals surface area (Å²) in [6.07, 6.45) is 3.22. The Morgan fingerprint density at radius 2 is 1.77 bits per heavy atom. The van der Waals surface area contributed by atoms with Crippen molar-refractivity contribution in [2.24, 2.45) is 10.9 Å². The maximum absolute atomic E-state index is 12.6. The standard InChI is InChI=1S/C24H32N4O2.HI/c1-25-24(26-17-21-9-6-10-22(16-21)30-2)27-18-23(29)28-13-11-20(12-14-28)15-19-7-4-3-5-8-19;/h3-10,16,20H,11-15,17-18H2,1-2H3,(H2,25,26,27);1H. The van der Waals surface area contributed by atoms with Crippen molar-refractivity contribution in [1.29, 1.82) is 0 Å². The topological polar surface area (TPSA) is 66.0 Å². The molecule has 2 aromatic rings. The van der Waals surface area contributed by atoms with Crippen molar-refractivity contribution in [2.45, 2.75) is 25.8 Å². The highest BCUT2D eigenvalue weighted by Crippen LogP contribution is 2.21. The molecule has 0 aliphatic carbocycles. The van der Waals surface area contributed by atoms with Crippen molar-refractivity contribution in [1.82, 2.24) is 15.5 Å². The summed E-state index contributed by atoms with van der Waals surface area (Å²) in [4.78, 5) is 18.8. The Morgan fingerprint density at radius 3 is 2.45 bits per heavy atom. The molecule has 7 heteroatoms. The van der Waals surface area contributed by atoms with Crippen molar-refractivity contribution in [3.05, 3.63) is 65.7 Å². The molecular weight excluding hydrogens is 503 g/mol. The van der Waals surface area contributed by atoms with E-state index in [0.29, 0.717) is 18.4 Å². The average Bonchev–Trinajstić information content (AvgIpc) is 2.80. The van der Waals surface area contributed by atoms with E-state index in [4.69, 9.17) is 4.74 Å². The van der Waals surface area contributed by atoms with E-state index in [9.17, 15) is 4.79 Å². The molecule has 2 aromatic carbocycles. The number of rotatable bonds is 7. The molecular formula is C24H33IN4O2. The molecule has 2 N–H and O–H groups in total. The zero-order valence-electron chi connectivity index (χ0n) is 18.3. The van der Waals surface area contributed by atoms with E-state index in [1.54, 1.807) is 14.2 Å². The Balaban J connectivity index is 0.00000341. The minimum absolute atomic E-state index is 0. The minimum atomic E-state index is 0. The maximum atomic E-state index is 12.6. The van der Waals surface area contributed by atoms with Crippen molar-refractivity contribution >= 4 is 35.8 Å². The van der Waals surface area contributed by atoms with Crippen LogP contribution in [0.15, 0.2) is 59.6 Å². The number of hydrogen-bond acceptors (Lipinski definition) is 3. The second kappa shape index (κ2) is 13.2. The fourth-order valence-electron chi connectivity index (χ4n) is 3.79. The molecule has 3 rings (SSSR count). The number of carbonyl (C=O) groups is 1. The molecule has 1 saturated heterocycles. The Morgan fingerprint density at radius 1 is 1.06 bits per heavy atom. The van der Waals surface area contributed by atoms with E-state index in [2.05, 4.69) is 46.0 Å². The van der Waals surface area contributed by atoms with Gasteiger partial charge in [0.05, 0.1) is 13.7 Å². The van der Waals surface area contributed by atoms with E-state index < -0.39 is 0 Å². The molecule has 0 unspecified atom stereocenters. The third-order valence-corrected chi connectivity index (χ3v) is 5.56. The number of methoxy groups -OCH3 is 1. The van der Waals surface area contributed by atoms with Crippen LogP contribution in [0.3, 0.4) is 0 Å². The monoisotopic (exact) mass is 536 g/mol. The van der Waals surface area contributed by atoms with Crippen LogP contribution in [0.5, 0.6) is 5.75 Å². The lowest BCUT2D eigenvalue weighted by Gasteiger charge is -2.32. The molecule has 1 aliphatic heterocycles. The number of nitrogens with zero attached hydrogens (tertiary/aromatic N) is 2. The van der Waals surface area contributed by atoms with Gasteiger partial charge in [-0.3, -0.25) is 9.79 Å². The van der Waals surface area contributed by atoms with Crippen molar-refractivity contribution in [3.8, 4) is 5.75 Å². The molecule has 6 nitrogen and oxygen atoms in total. The van der Waals surface area contributed by atoms with Gasteiger partial charge in [-0.2, -0.15) is 0 Å². The van der Waals surface area contributed by atoms with Crippen LogP contribution < -0.4 is 15.4 Å². The van der Waals surface area contributed by atoms with Gasteiger partial charge in [0.15, 0.2) is 5.96 Å². The van der Waals surface area contributed by atoms with E-state index in [0.717, 1.165) is 43.7 Å². The van der Waals surface area contributed by atoms with Gasteiger partial charge in [0, 0.05) is 26.7 Å². The van der Waals surface area contributed by atoms with Gasteiger partial charge in [-0.15, -0.1) is 24.0 Å². The van der Waals surface area contributed by atoms with Gasteiger partial charge in [0.1, 0.15) is 5.75 Å². The fourth-order valence-corrected chi connectivity index (χ4v) is 3.79.